The SMILES string of the molecule is CCNC(=NCc1ccccc1Cn1cccn1)NCc1c(C)nn(CCOC)c1C.I. The second-order valence-corrected chi connectivity index (χ2v) is 7.39. The van der Waals surface area contributed by atoms with Gasteiger partial charge in [-0.25, -0.2) is 4.99 Å². The van der Waals surface area contributed by atoms with Crippen LogP contribution in [0, 0.1) is 13.8 Å². The Labute approximate surface area is 207 Å². The number of aliphatic imine (C=N–C) groups is 1. The summed E-state index contributed by atoms with van der Waals surface area (Å²) < 4.78 is 9.12. The minimum Gasteiger partial charge on any atom is -0.383 e. The average molecular weight is 551 g/mol. The molecule has 2 N–H and O–H groups in total. The highest BCUT2D eigenvalue weighted by Gasteiger charge is 2.12. The van der Waals surface area contributed by atoms with E-state index in [9.17, 15) is 0 Å². The number of methoxy groups -OCH3 is 1. The van der Waals surface area contributed by atoms with Gasteiger partial charge in [0, 0.05) is 43.9 Å². The Morgan fingerprint density at radius 1 is 1.12 bits per heavy atom. The van der Waals surface area contributed by atoms with E-state index in [1.54, 1.807) is 13.3 Å². The molecule has 174 valence electrons. The van der Waals surface area contributed by atoms with Crippen LogP contribution in [0.2, 0.25) is 0 Å². The predicted molar refractivity (Wildman–Crippen MR) is 138 cm³/mol. The Bertz CT molecular complexity index is 982. The Hall–Kier alpha value is -2.40. The number of nitrogens with zero attached hydrogens (tertiary/aromatic N) is 5. The maximum atomic E-state index is 5.19. The van der Waals surface area contributed by atoms with Crippen molar-refractivity contribution in [2.45, 2.75) is 47.0 Å². The lowest BCUT2D eigenvalue weighted by Crippen LogP contribution is -2.37. The third-order valence-electron chi connectivity index (χ3n) is 5.23. The molecule has 2 heterocycles. The number of hydrogen-bond acceptors (Lipinski definition) is 4. The highest BCUT2D eigenvalue weighted by Crippen LogP contribution is 2.14. The van der Waals surface area contributed by atoms with Gasteiger partial charge in [0.05, 0.1) is 31.9 Å². The van der Waals surface area contributed by atoms with E-state index >= 15 is 0 Å². The molecule has 32 heavy (non-hydrogen) atoms. The van der Waals surface area contributed by atoms with Gasteiger partial charge in [0.1, 0.15) is 0 Å². The molecular formula is C23H34IN7O. The van der Waals surface area contributed by atoms with Crippen LogP contribution in [0.5, 0.6) is 0 Å². The topological polar surface area (TPSA) is 81.3 Å². The van der Waals surface area contributed by atoms with Crippen molar-refractivity contribution in [2.75, 3.05) is 20.3 Å². The van der Waals surface area contributed by atoms with Gasteiger partial charge in [0.15, 0.2) is 5.96 Å². The molecule has 0 fully saturated rings. The molecule has 3 rings (SSSR count). The van der Waals surface area contributed by atoms with E-state index in [1.165, 1.54) is 16.7 Å². The molecule has 0 bridgehead atoms. The number of benzene rings is 1. The van der Waals surface area contributed by atoms with E-state index in [0.717, 1.165) is 37.0 Å². The van der Waals surface area contributed by atoms with Crippen molar-refractivity contribution in [1.82, 2.24) is 30.2 Å². The third-order valence-corrected chi connectivity index (χ3v) is 5.23. The van der Waals surface area contributed by atoms with Gasteiger partial charge in [0.2, 0.25) is 0 Å². The first-order valence-corrected chi connectivity index (χ1v) is 10.7. The molecule has 2 aromatic heterocycles. The molecule has 0 radical (unpaired) electrons. The summed E-state index contributed by atoms with van der Waals surface area (Å²) in [7, 11) is 1.71. The van der Waals surface area contributed by atoms with Crippen LogP contribution in [0.25, 0.3) is 0 Å². The normalized spacial score (nSPS) is 11.3. The van der Waals surface area contributed by atoms with E-state index in [4.69, 9.17) is 9.73 Å². The second-order valence-electron chi connectivity index (χ2n) is 7.39. The molecule has 0 aliphatic heterocycles. The van der Waals surface area contributed by atoms with Crippen LogP contribution >= 0.6 is 24.0 Å². The van der Waals surface area contributed by atoms with Gasteiger partial charge in [-0.3, -0.25) is 9.36 Å². The van der Waals surface area contributed by atoms with Crippen molar-refractivity contribution in [3.63, 3.8) is 0 Å². The van der Waals surface area contributed by atoms with Crippen molar-refractivity contribution in [3.05, 3.63) is 70.8 Å². The third kappa shape index (κ3) is 7.06. The van der Waals surface area contributed by atoms with Crippen molar-refractivity contribution >= 4 is 29.9 Å². The molecule has 1 aromatic carbocycles. The van der Waals surface area contributed by atoms with Crippen LogP contribution in [0.4, 0.5) is 0 Å². The maximum Gasteiger partial charge on any atom is 0.191 e. The Morgan fingerprint density at radius 2 is 1.91 bits per heavy atom. The van der Waals surface area contributed by atoms with Crippen molar-refractivity contribution in [2.24, 2.45) is 4.99 Å². The fourth-order valence-electron chi connectivity index (χ4n) is 3.50. The number of rotatable bonds is 10. The summed E-state index contributed by atoms with van der Waals surface area (Å²) in [6.07, 6.45) is 3.78. The Kier molecular flexibility index (Phi) is 10.7. The number of halogens is 1. The highest BCUT2D eigenvalue weighted by molar-refractivity contribution is 14.0. The number of aromatic nitrogens is 4. The Morgan fingerprint density at radius 3 is 2.59 bits per heavy atom. The zero-order chi connectivity index (χ0) is 22.1. The number of aryl methyl sites for hydroxylation is 1. The number of guanidine groups is 1. The summed E-state index contributed by atoms with van der Waals surface area (Å²) in [5.41, 5.74) is 5.79. The van der Waals surface area contributed by atoms with E-state index in [1.807, 2.05) is 28.6 Å². The van der Waals surface area contributed by atoms with E-state index in [2.05, 4.69) is 58.9 Å². The maximum absolute atomic E-state index is 5.19. The molecule has 0 spiro atoms. The van der Waals surface area contributed by atoms with Crippen LogP contribution < -0.4 is 10.6 Å². The lowest BCUT2D eigenvalue weighted by molar-refractivity contribution is 0.182. The van der Waals surface area contributed by atoms with Gasteiger partial charge >= 0.3 is 0 Å². The van der Waals surface area contributed by atoms with Crippen LogP contribution in [-0.2, 0) is 30.9 Å². The summed E-state index contributed by atoms with van der Waals surface area (Å²) in [5, 5.41) is 15.8. The van der Waals surface area contributed by atoms with E-state index in [-0.39, 0.29) is 24.0 Å². The summed E-state index contributed by atoms with van der Waals surface area (Å²) in [4.78, 5) is 4.82. The number of ether oxygens (including phenoxy) is 1. The molecule has 0 atom stereocenters. The molecule has 9 heteroatoms. The molecule has 0 saturated carbocycles. The summed E-state index contributed by atoms with van der Waals surface area (Å²) in [6, 6.07) is 10.3. The predicted octanol–water partition coefficient (Wildman–Crippen LogP) is 3.26. The molecule has 0 saturated heterocycles. The minimum atomic E-state index is 0. The highest BCUT2D eigenvalue weighted by atomic mass is 127. The van der Waals surface area contributed by atoms with Gasteiger partial charge in [-0.2, -0.15) is 10.2 Å². The quantitative estimate of drug-likeness (QED) is 0.230. The average Bonchev–Trinajstić information content (AvgIpc) is 3.37. The zero-order valence-corrected chi connectivity index (χ0v) is 21.7. The second kappa shape index (κ2) is 13.2. The molecule has 0 aliphatic rings. The largest absolute Gasteiger partial charge is 0.383 e. The fraction of sp³-hybridized carbons (Fsp3) is 0.435. The van der Waals surface area contributed by atoms with Crippen LogP contribution in [0.1, 0.15) is 35.0 Å². The molecule has 3 aromatic rings. The number of hydrogen-bond donors (Lipinski definition) is 2. The van der Waals surface area contributed by atoms with Crippen molar-refractivity contribution in [3.8, 4) is 0 Å². The van der Waals surface area contributed by atoms with Gasteiger partial charge in [-0.1, -0.05) is 24.3 Å². The van der Waals surface area contributed by atoms with Crippen LogP contribution in [0.15, 0.2) is 47.7 Å². The van der Waals surface area contributed by atoms with Crippen LogP contribution in [0.3, 0.4) is 0 Å². The smallest absolute Gasteiger partial charge is 0.191 e. The fourth-order valence-corrected chi connectivity index (χ4v) is 3.50. The summed E-state index contributed by atoms with van der Waals surface area (Å²) >= 11 is 0. The van der Waals surface area contributed by atoms with Gasteiger partial charge < -0.3 is 15.4 Å². The number of nitrogens with one attached hydrogen (secondary N) is 2. The molecular weight excluding hydrogens is 517 g/mol. The van der Waals surface area contributed by atoms with Gasteiger partial charge in [-0.15, -0.1) is 24.0 Å². The van der Waals surface area contributed by atoms with Gasteiger partial charge in [0.25, 0.3) is 0 Å². The monoisotopic (exact) mass is 551 g/mol. The molecule has 0 amide bonds. The van der Waals surface area contributed by atoms with Crippen molar-refractivity contribution in [1.29, 1.82) is 0 Å². The molecule has 8 nitrogen and oxygen atoms in total. The van der Waals surface area contributed by atoms with Crippen molar-refractivity contribution < 1.29 is 4.74 Å². The minimum absolute atomic E-state index is 0. The first-order valence-electron chi connectivity index (χ1n) is 10.7. The lowest BCUT2D eigenvalue weighted by Gasteiger charge is -2.13. The van der Waals surface area contributed by atoms with E-state index < -0.39 is 0 Å². The standard InChI is InChI=1S/C23H33N7O.HI/c1-5-24-23(26-16-22-18(2)28-30(19(22)3)13-14-31-4)25-15-20-9-6-7-10-21(20)17-29-12-8-11-27-29;/h6-12H,5,13-17H2,1-4H3,(H2,24,25,26);1H. The molecule has 0 aliphatic carbocycles. The molecule has 0 unspecified atom stereocenters. The lowest BCUT2D eigenvalue weighted by atomic mass is 10.1. The van der Waals surface area contributed by atoms with Gasteiger partial charge in [-0.05, 0) is 38.0 Å². The Balaban J connectivity index is 0.00000363. The summed E-state index contributed by atoms with van der Waals surface area (Å²) in [5.74, 6) is 0.792. The zero-order valence-electron chi connectivity index (χ0n) is 19.3. The van der Waals surface area contributed by atoms with E-state index in [0.29, 0.717) is 19.7 Å². The summed E-state index contributed by atoms with van der Waals surface area (Å²) in [6.45, 7) is 10.4. The van der Waals surface area contributed by atoms with Crippen LogP contribution in [-0.4, -0.2) is 45.8 Å². The first-order chi connectivity index (χ1) is 15.1. The first kappa shape index (κ1) is 25.9.